The molecule has 0 aliphatic heterocycles. The van der Waals surface area contributed by atoms with E-state index in [1.807, 2.05) is 6.07 Å². The van der Waals surface area contributed by atoms with Gasteiger partial charge in [-0.25, -0.2) is 0 Å². The molecule has 0 aliphatic rings. The summed E-state index contributed by atoms with van der Waals surface area (Å²) >= 11 is 0. The van der Waals surface area contributed by atoms with Crippen molar-refractivity contribution >= 4 is 19.9 Å². The van der Waals surface area contributed by atoms with Gasteiger partial charge in [0.05, 0.1) is 11.6 Å². The highest BCUT2D eigenvalue weighted by Crippen LogP contribution is 2.19. The molecule has 0 amide bonds. The number of hydrogen-bond acceptors (Lipinski definition) is 4. The van der Waals surface area contributed by atoms with Crippen molar-refractivity contribution in [3.8, 4) is 6.07 Å². The Bertz CT molecular complexity index is 462. The van der Waals surface area contributed by atoms with Crippen LogP contribution >= 0.6 is 10.8 Å². The number of hydrogen-bond donors (Lipinski definition) is 1. The van der Waals surface area contributed by atoms with Crippen molar-refractivity contribution in [1.29, 1.82) is 5.26 Å². The second-order valence-corrected chi connectivity index (χ2v) is 5.81. The van der Waals surface area contributed by atoms with Gasteiger partial charge < -0.3 is 0 Å². The SMILES string of the molecule is N#Cc1ccccc1CSS(=O)(=O)O. The summed E-state index contributed by atoms with van der Waals surface area (Å²) in [4.78, 5) is 0. The van der Waals surface area contributed by atoms with Crippen LogP contribution in [0.1, 0.15) is 11.1 Å². The van der Waals surface area contributed by atoms with Crippen LogP contribution < -0.4 is 0 Å². The predicted octanol–water partition coefficient (Wildman–Crippen LogP) is 1.59. The van der Waals surface area contributed by atoms with Crippen molar-refractivity contribution in [2.75, 3.05) is 0 Å². The van der Waals surface area contributed by atoms with E-state index < -0.39 is 9.15 Å². The summed E-state index contributed by atoms with van der Waals surface area (Å²) in [5.41, 5.74) is 1.02. The Kier molecular flexibility index (Phi) is 3.52. The third kappa shape index (κ3) is 3.38. The van der Waals surface area contributed by atoms with Gasteiger partial charge in [-0.1, -0.05) is 18.2 Å². The van der Waals surface area contributed by atoms with Crippen molar-refractivity contribution in [2.24, 2.45) is 0 Å². The van der Waals surface area contributed by atoms with Crippen LogP contribution in [0, 0.1) is 11.3 Å². The molecule has 0 bridgehead atoms. The zero-order valence-electron chi connectivity index (χ0n) is 7.04. The van der Waals surface area contributed by atoms with Crippen molar-refractivity contribution in [3.63, 3.8) is 0 Å². The molecule has 0 aliphatic carbocycles. The highest BCUT2D eigenvalue weighted by atomic mass is 33.1. The van der Waals surface area contributed by atoms with Crippen LogP contribution in [-0.4, -0.2) is 13.0 Å². The first-order valence-corrected chi connectivity index (χ1v) is 6.57. The molecule has 4 nitrogen and oxygen atoms in total. The summed E-state index contributed by atoms with van der Waals surface area (Å²) < 4.78 is 29.4. The lowest BCUT2D eigenvalue weighted by molar-refractivity contribution is 0.503. The zero-order valence-corrected chi connectivity index (χ0v) is 8.68. The van der Waals surface area contributed by atoms with Gasteiger partial charge in [-0.05, 0) is 11.6 Å². The van der Waals surface area contributed by atoms with Crippen LogP contribution in [0.2, 0.25) is 0 Å². The van der Waals surface area contributed by atoms with Gasteiger partial charge >= 0.3 is 9.15 Å². The number of nitrogens with zero attached hydrogens (tertiary/aromatic N) is 1. The predicted molar refractivity (Wildman–Crippen MR) is 54.0 cm³/mol. The Balaban J connectivity index is 2.83. The first kappa shape index (κ1) is 11.0. The quantitative estimate of drug-likeness (QED) is 0.629. The molecule has 0 heterocycles. The summed E-state index contributed by atoms with van der Waals surface area (Å²) in [6, 6.07) is 8.59. The average molecular weight is 229 g/mol. The maximum Gasteiger partial charge on any atom is 0.320 e. The van der Waals surface area contributed by atoms with Gasteiger partial charge in [0, 0.05) is 16.5 Å². The van der Waals surface area contributed by atoms with E-state index in [9.17, 15) is 8.42 Å². The minimum absolute atomic E-state index is 0.0720. The van der Waals surface area contributed by atoms with E-state index in [4.69, 9.17) is 9.81 Å². The fourth-order valence-electron chi connectivity index (χ4n) is 0.893. The number of nitriles is 1. The smallest absolute Gasteiger partial charge is 0.277 e. The minimum Gasteiger partial charge on any atom is -0.277 e. The first-order valence-electron chi connectivity index (χ1n) is 3.63. The summed E-state index contributed by atoms with van der Waals surface area (Å²) in [7, 11) is -3.65. The van der Waals surface area contributed by atoms with E-state index in [1.165, 1.54) is 0 Å². The highest BCUT2D eigenvalue weighted by Gasteiger charge is 2.08. The largest absolute Gasteiger partial charge is 0.320 e. The van der Waals surface area contributed by atoms with Crippen LogP contribution in [0.25, 0.3) is 0 Å². The second kappa shape index (κ2) is 4.46. The van der Waals surface area contributed by atoms with Gasteiger partial charge in [0.1, 0.15) is 0 Å². The molecule has 0 atom stereocenters. The molecule has 14 heavy (non-hydrogen) atoms. The van der Waals surface area contributed by atoms with E-state index in [2.05, 4.69) is 0 Å². The minimum atomic E-state index is -4.04. The van der Waals surface area contributed by atoms with E-state index in [0.29, 0.717) is 21.9 Å². The molecule has 1 N–H and O–H groups in total. The van der Waals surface area contributed by atoms with E-state index in [0.717, 1.165) is 0 Å². The van der Waals surface area contributed by atoms with Crippen LogP contribution in [0.4, 0.5) is 0 Å². The zero-order chi connectivity index (χ0) is 10.6. The molecular weight excluding hydrogens is 222 g/mol. The fourth-order valence-corrected chi connectivity index (χ4v) is 2.25. The standard InChI is InChI=1S/C8H7NO3S2/c9-5-7-3-1-2-4-8(7)6-13-14(10,11)12/h1-4H,6H2,(H,10,11,12). The summed E-state index contributed by atoms with van der Waals surface area (Å²) in [6.07, 6.45) is 0. The van der Waals surface area contributed by atoms with Gasteiger partial charge in [0.2, 0.25) is 0 Å². The van der Waals surface area contributed by atoms with Crippen LogP contribution in [0.15, 0.2) is 24.3 Å². The lowest BCUT2D eigenvalue weighted by atomic mass is 10.1. The maximum atomic E-state index is 10.4. The molecule has 1 rings (SSSR count). The Morgan fingerprint density at radius 3 is 2.64 bits per heavy atom. The van der Waals surface area contributed by atoms with Gasteiger partial charge in [-0.3, -0.25) is 4.55 Å². The Morgan fingerprint density at radius 2 is 2.07 bits per heavy atom. The molecule has 0 fully saturated rings. The molecule has 6 heteroatoms. The van der Waals surface area contributed by atoms with Crippen LogP contribution in [0.3, 0.4) is 0 Å². The van der Waals surface area contributed by atoms with E-state index in [-0.39, 0.29) is 5.75 Å². The van der Waals surface area contributed by atoms with Gasteiger partial charge in [-0.2, -0.15) is 13.7 Å². The molecule has 0 radical (unpaired) electrons. The van der Waals surface area contributed by atoms with Crippen molar-refractivity contribution in [3.05, 3.63) is 35.4 Å². The molecular formula is C8H7NO3S2. The summed E-state index contributed by atoms with van der Waals surface area (Å²) in [6.45, 7) is 0. The third-order valence-corrected chi connectivity index (χ3v) is 3.48. The van der Waals surface area contributed by atoms with Gasteiger partial charge in [-0.15, -0.1) is 0 Å². The Hall–Kier alpha value is -1.03. The normalized spacial score (nSPS) is 10.9. The van der Waals surface area contributed by atoms with Crippen molar-refractivity contribution in [2.45, 2.75) is 5.75 Å². The van der Waals surface area contributed by atoms with Crippen molar-refractivity contribution in [1.82, 2.24) is 0 Å². The monoisotopic (exact) mass is 229 g/mol. The molecule has 1 aromatic rings. The molecule has 0 spiro atoms. The molecule has 0 unspecified atom stereocenters. The number of rotatable bonds is 3. The fraction of sp³-hybridized carbons (Fsp3) is 0.125. The third-order valence-electron chi connectivity index (χ3n) is 1.50. The number of benzene rings is 1. The molecule has 0 saturated heterocycles. The maximum absolute atomic E-state index is 10.4. The molecule has 0 aromatic heterocycles. The molecule has 1 aromatic carbocycles. The summed E-state index contributed by atoms with van der Waals surface area (Å²) in [5, 5.41) is 8.68. The van der Waals surface area contributed by atoms with Gasteiger partial charge in [0.25, 0.3) is 0 Å². The van der Waals surface area contributed by atoms with E-state index >= 15 is 0 Å². The lowest BCUT2D eigenvalue weighted by Gasteiger charge is -2.00. The topological polar surface area (TPSA) is 78.2 Å². The molecule has 0 saturated carbocycles. The molecule has 74 valence electrons. The Morgan fingerprint density at radius 1 is 1.43 bits per heavy atom. The van der Waals surface area contributed by atoms with Gasteiger partial charge in [0.15, 0.2) is 0 Å². The van der Waals surface area contributed by atoms with Crippen LogP contribution in [-0.2, 0) is 14.9 Å². The second-order valence-electron chi connectivity index (χ2n) is 2.46. The van der Waals surface area contributed by atoms with Crippen LogP contribution in [0.5, 0.6) is 0 Å². The average Bonchev–Trinajstić information content (AvgIpc) is 2.14. The summed E-state index contributed by atoms with van der Waals surface area (Å²) in [5.74, 6) is 0.0720. The highest BCUT2D eigenvalue weighted by molar-refractivity contribution is 8.69. The lowest BCUT2D eigenvalue weighted by Crippen LogP contribution is -1.93. The first-order chi connectivity index (χ1) is 6.53. The van der Waals surface area contributed by atoms with E-state index in [1.54, 1.807) is 24.3 Å². The van der Waals surface area contributed by atoms with Crippen molar-refractivity contribution < 1.29 is 13.0 Å². The Labute approximate surface area is 85.7 Å².